The number of carboxylic acids is 1. The van der Waals surface area contributed by atoms with E-state index in [1.54, 1.807) is 0 Å². The third kappa shape index (κ3) is 5.68. The van der Waals surface area contributed by atoms with E-state index in [2.05, 4.69) is 10.1 Å². The van der Waals surface area contributed by atoms with Gasteiger partial charge in [0.2, 0.25) is 0 Å². The Morgan fingerprint density at radius 2 is 1.69 bits per heavy atom. The van der Waals surface area contributed by atoms with Crippen molar-refractivity contribution in [2.45, 2.75) is 31.6 Å². The van der Waals surface area contributed by atoms with Gasteiger partial charge in [-0.25, -0.2) is 4.39 Å². The Morgan fingerprint density at radius 1 is 1.10 bits per heavy atom. The van der Waals surface area contributed by atoms with Gasteiger partial charge in [0.25, 0.3) is 11.6 Å². The summed E-state index contributed by atoms with van der Waals surface area (Å²) in [7, 11) is 1.16. The highest BCUT2D eigenvalue weighted by Crippen LogP contribution is 2.47. The molecule has 2 heterocycles. The second kappa shape index (κ2) is 10.7. The Bertz CT molecular complexity index is 1370. The highest BCUT2D eigenvalue weighted by molar-refractivity contribution is 6.39. The van der Waals surface area contributed by atoms with E-state index >= 15 is 0 Å². The molecular weight excluding hydrogens is 567 g/mol. The molecule has 1 amide bonds. The molecule has 0 spiro atoms. The van der Waals surface area contributed by atoms with E-state index in [9.17, 15) is 37.1 Å². The molecule has 14 heteroatoms. The lowest BCUT2D eigenvalue weighted by Crippen LogP contribution is -2.56. The van der Waals surface area contributed by atoms with E-state index in [0.29, 0.717) is 5.56 Å². The molecule has 1 aliphatic carbocycles. The number of hydrogen-bond acceptors (Lipinski definition) is 5. The maximum atomic E-state index is 14.4. The Morgan fingerprint density at radius 3 is 2.23 bits per heavy atom. The maximum absolute atomic E-state index is 14.4. The van der Waals surface area contributed by atoms with Crippen molar-refractivity contribution >= 4 is 47.1 Å². The third-order valence-electron chi connectivity index (χ3n) is 6.85. The number of nitrogens with zero attached hydrogens (tertiary/aromatic N) is 4. The van der Waals surface area contributed by atoms with Gasteiger partial charge in [-0.05, 0) is 17.7 Å². The smallest absolute Gasteiger partial charge is 0.470 e. The van der Waals surface area contributed by atoms with Gasteiger partial charge >= 0.3 is 12.1 Å². The lowest BCUT2D eigenvalue weighted by molar-refractivity contribution is -0.916. The number of rotatable bonds is 8. The predicted octanol–water partition coefficient (Wildman–Crippen LogP) is 4.86. The van der Waals surface area contributed by atoms with Crippen molar-refractivity contribution in [2.75, 3.05) is 13.6 Å². The molecule has 4 rings (SSSR count). The van der Waals surface area contributed by atoms with Crippen LogP contribution in [0.15, 0.2) is 53.0 Å². The normalized spacial score (nSPS) is 22.5. The molecule has 1 aliphatic heterocycles. The number of Topliss-reactive ketones (excluding diaryl/α,β-unsaturated/α-hetero) is 1. The molecule has 1 fully saturated rings. The Labute approximate surface area is 229 Å². The van der Waals surface area contributed by atoms with Crippen LogP contribution in [0.3, 0.4) is 0 Å². The number of pyridine rings is 1. The number of aliphatic carboxylic acids is 1. The maximum Gasteiger partial charge on any atom is 0.470 e. The lowest BCUT2D eigenvalue weighted by Gasteiger charge is -2.42. The molecular formula is C25H21Cl2F4N4O4+. The van der Waals surface area contributed by atoms with Crippen molar-refractivity contribution in [1.82, 2.24) is 9.88 Å². The molecule has 8 nitrogen and oxygen atoms in total. The van der Waals surface area contributed by atoms with Crippen molar-refractivity contribution in [1.29, 1.82) is 0 Å². The Kier molecular flexibility index (Phi) is 7.84. The van der Waals surface area contributed by atoms with Crippen LogP contribution in [0.4, 0.5) is 17.6 Å². The van der Waals surface area contributed by atoms with Crippen LogP contribution in [0.1, 0.15) is 28.8 Å². The molecule has 2 aliphatic rings. The minimum Gasteiger partial charge on any atom is -0.481 e. The minimum absolute atomic E-state index is 0.0545. The summed E-state index contributed by atoms with van der Waals surface area (Å²) < 4.78 is 55.7. The fourth-order valence-corrected chi connectivity index (χ4v) is 5.27. The number of allylic oxidation sites excluding steroid dienone is 1. The van der Waals surface area contributed by atoms with Crippen molar-refractivity contribution in [3.63, 3.8) is 0 Å². The molecule has 1 aromatic heterocycles. The molecule has 1 N–H and O–H groups in total. The van der Waals surface area contributed by atoms with Crippen LogP contribution >= 0.6 is 23.2 Å². The zero-order chi connectivity index (χ0) is 28.7. The monoisotopic (exact) mass is 587 g/mol. The number of amides is 1. The summed E-state index contributed by atoms with van der Waals surface area (Å²) in [6.07, 6.45) is -2.00. The Hall–Kier alpha value is -3.35. The van der Waals surface area contributed by atoms with Gasteiger partial charge in [0.15, 0.2) is 5.78 Å². The van der Waals surface area contributed by atoms with E-state index < -0.39 is 64.0 Å². The molecule has 2 aromatic rings. The van der Waals surface area contributed by atoms with Crippen LogP contribution in [0, 0.1) is 11.7 Å². The van der Waals surface area contributed by atoms with Gasteiger partial charge in [-0.3, -0.25) is 19.4 Å². The second-order valence-corrected chi connectivity index (χ2v) is 10.2. The van der Waals surface area contributed by atoms with E-state index in [-0.39, 0.29) is 35.0 Å². The number of alkyl halides is 3. The zero-order valence-corrected chi connectivity index (χ0v) is 21.8. The average molecular weight is 588 g/mol. The van der Waals surface area contributed by atoms with Crippen molar-refractivity contribution < 1.29 is 41.6 Å². The van der Waals surface area contributed by atoms with Gasteiger partial charge in [-0.15, -0.1) is 0 Å². The first-order chi connectivity index (χ1) is 18.2. The number of quaternary nitrogens is 1. The minimum atomic E-state index is -5.01. The number of carbonyl (C=O) groups excluding carboxylic acids is 2. The number of aromatic nitrogens is 1. The van der Waals surface area contributed by atoms with Crippen LogP contribution in [0.5, 0.6) is 0 Å². The van der Waals surface area contributed by atoms with Crippen LogP contribution in [0.2, 0.25) is 10.0 Å². The van der Waals surface area contributed by atoms with Crippen LogP contribution < -0.4 is 0 Å². The first-order valence-electron chi connectivity index (χ1n) is 11.5. The van der Waals surface area contributed by atoms with Crippen LogP contribution in [-0.4, -0.2) is 69.3 Å². The summed E-state index contributed by atoms with van der Waals surface area (Å²) in [4.78, 5) is 42.7. The zero-order valence-electron chi connectivity index (χ0n) is 20.3. The summed E-state index contributed by atoms with van der Waals surface area (Å²) >= 11 is 12.1. The average Bonchev–Trinajstić information content (AvgIpc) is 3.16. The topological polar surface area (TPSA) is 99.9 Å². The lowest BCUT2D eigenvalue weighted by atomic mass is 9.78. The predicted molar refractivity (Wildman–Crippen MR) is 132 cm³/mol. The summed E-state index contributed by atoms with van der Waals surface area (Å²) in [5.74, 6) is -4.40. The highest BCUT2D eigenvalue weighted by Gasteiger charge is 2.61. The second-order valence-electron chi connectivity index (χ2n) is 9.38. The SMILES string of the molecule is C[N+]1(C2CC(C(=O)O)C2)N=CC(C(=O)N(CC(=O)c2c(Cl)cncc2Cl)Cc2ccc(F)cc2)=C1C(F)(F)F. The van der Waals surface area contributed by atoms with Crippen molar-refractivity contribution in [3.05, 3.63) is 74.9 Å². The molecule has 39 heavy (non-hydrogen) atoms. The number of hydrogen-bond donors (Lipinski definition) is 1. The summed E-state index contributed by atoms with van der Waals surface area (Å²) in [5.41, 5.74) is -1.87. The molecule has 206 valence electrons. The van der Waals surface area contributed by atoms with Gasteiger partial charge in [-0.1, -0.05) is 40.4 Å². The molecule has 1 unspecified atom stereocenters. The fourth-order valence-electron chi connectivity index (χ4n) is 4.69. The molecule has 0 saturated heterocycles. The molecule has 0 radical (unpaired) electrons. The number of ketones is 1. The molecule has 1 atom stereocenters. The van der Waals surface area contributed by atoms with Gasteiger partial charge in [0.05, 0.1) is 35.1 Å². The Balaban J connectivity index is 1.73. The highest BCUT2D eigenvalue weighted by atomic mass is 35.5. The van der Waals surface area contributed by atoms with E-state index in [1.807, 2.05) is 0 Å². The van der Waals surface area contributed by atoms with Gasteiger partial charge in [-0.2, -0.15) is 17.8 Å². The number of benzene rings is 1. The standard InChI is InChI=1S/C25H20Cl2F4N4O4/c1-35(16-6-14(7-16)24(38)39)22(25(29,30)31)17(8-33-35)23(37)34(11-13-2-4-15(28)5-3-13)12-20(36)21-18(26)9-32-10-19(21)27/h2-5,8-10,14,16H,6-7,11-12H2,1H3/p+1. The summed E-state index contributed by atoms with van der Waals surface area (Å²) in [6, 6.07) is 4.06. The summed E-state index contributed by atoms with van der Waals surface area (Å²) in [5, 5.41) is 12.9. The van der Waals surface area contributed by atoms with E-state index in [4.69, 9.17) is 23.2 Å². The van der Waals surface area contributed by atoms with Crippen LogP contribution in [0.25, 0.3) is 0 Å². The van der Waals surface area contributed by atoms with Crippen molar-refractivity contribution in [2.24, 2.45) is 11.0 Å². The molecule has 0 bridgehead atoms. The number of halogens is 6. The first-order valence-corrected chi connectivity index (χ1v) is 12.3. The first kappa shape index (κ1) is 28.7. The van der Waals surface area contributed by atoms with Gasteiger partial charge < -0.3 is 10.0 Å². The third-order valence-corrected chi connectivity index (χ3v) is 7.42. The van der Waals surface area contributed by atoms with Crippen LogP contribution in [-0.2, 0) is 16.1 Å². The largest absolute Gasteiger partial charge is 0.481 e. The quantitative estimate of drug-likeness (QED) is 0.270. The van der Waals surface area contributed by atoms with Gasteiger partial charge in [0.1, 0.15) is 23.6 Å². The fraction of sp³-hybridized carbons (Fsp3) is 0.320. The van der Waals surface area contributed by atoms with Gasteiger partial charge in [0, 0.05) is 31.8 Å². The van der Waals surface area contributed by atoms with E-state index in [1.165, 1.54) is 12.1 Å². The van der Waals surface area contributed by atoms with Crippen molar-refractivity contribution in [3.8, 4) is 0 Å². The van der Waals surface area contributed by atoms with E-state index in [0.717, 1.165) is 42.7 Å². The number of carbonyl (C=O) groups is 3. The number of carboxylic acid groups (broad SMARTS) is 1. The molecule has 1 aromatic carbocycles. The molecule has 1 saturated carbocycles. The summed E-state index contributed by atoms with van der Waals surface area (Å²) in [6.45, 7) is -1.06.